The molecule has 0 aliphatic heterocycles. The van der Waals surface area contributed by atoms with Crippen molar-refractivity contribution in [3.8, 4) is 0 Å². The molecule has 0 heterocycles. The van der Waals surface area contributed by atoms with Crippen molar-refractivity contribution in [1.29, 1.82) is 5.41 Å². The van der Waals surface area contributed by atoms with E-state index in [4.69, 9.17) is 16.2 Å². The highest BCUT2D eigenvalue weighted by molar-refractivity contribution is 5.77. The molecule has 1 saturated carbocycles. The van der Waals surface area contributed by atoms with Gasteiger partial charge < -0.3 is 16.2 Å². The zero-order chi connectivity index (χ0) is 7.56. The highest BCUT2D eigenvalue weighted by Gasteiger charge is 2.25. The molecule has 1 aliphatic rings. The van der Waals surface area contributed by atoms with E-state index < -0.39 is 0 Å². The molecular weight excluding hydrogens is 128 g/mol. The standard InChI is InChI=1S/C7H12N2O/c8-3-6(4-10)7(9)5-1-2-5/h3,5,8,10H,1-2,4,9H2. The van der Waals surface area contributed by atoms with Crippen LogP contribution in [0, 0.1) is 11.3 Å². The Hall–Kier alpha value is -0.830. The van der Waals surface area contributed by atoms with Gasteiger partial charge in [0.15, 0.2) is 0 Å². The monoisotopic (exact) mass is 140 g/mol. The van der Waals surface area contributed by atoms with Crippen molar-refractivity contribution in [2.45, 2.75) is 12.8 Å². The van der Waals surface area contributed by atoms with E-state index in [2.05, 4.69) is 0 Å². The number of nitrogens with one attached hydrogen (secondary N) is 1. The predicted molar refractivity (Wildman–Crippen MR) is 39.8 cm³/mol. The van der Waals surface area contributed by atoms with E-state index in [1.165, 1.54) is 0 Å². The summed E-state index contributed by atoms with van der Waals surface area (Å²) in [5.41, 5.74) is 6.89. The molecule has 0 bridgehead atoms. The second kappa shape index (κ2) is 2.84. The van der Waals surface area contributed by atoms with E-state index in [0.29, 0.717) is 17.2 Å². The third kappa shape index (κ3) is 1.36. The molecule has 10 heavy (non-hydrogen) atoms. The second-order valence-corrected chi connectivity index (χ2v) is 2.56. The maximum atomic E-state index is 8.68. The largest absolute Gasteiger partial charge is 0.401 e. The van der Waals surface area contributed by atoms with E-state index >= 15 is 0 Å². The lowest BCUT2D eigenvalue weighted by atomic mass is 10.2. The van der Waals surface area contributed by atoms with Gasteiger partial charge in [0.2, 0.25) is 0 Å². The number of hydrogen-bond donors (Lipinski definition) is 3. The Morgan fingerprint density at radius 1 is 1.70 bits per heavy atom. The van der Waals surface area contributed by atoms with Gasteiger partial charge in [0.25, 0.3) is 0 Å². The van der Waals surface area contributed by atoms with Crippen LogP contribution < -0.4 is 5.73 Å². The summed E-state index contributed by atoms with van der Waals surface area (Å²) < 4.78 is 0. The summed E-state index contributed by atoms with van der Waals surface area (Å²) >= 11 is 0. The van der Waals surface area contributed by atoms with Crippen molar-refractivity contribution < 1.29 is 5.11 Å². The molecule has 0 atom stereocenters. The van der Waals surface area contributed by atoms with Crippen LogP contribution in [0.4, 0.5) is 0 Å². The molecule has 0 amide bonds. The number of aliphatic hydroxyl groups is 1. The first-order chi connectivity index (χ1) is 4.79. The van der Waals surface area contributed by atoms with Crippen molar-refractivity contribution >= 4 is 6.21 Å². The van der Waals surface area contributed by atoms with Gasteiger partial charge in [-0.3, -0.25) is 0 Å². The molecule has 0 aromatic rings. The summed E-state index contributed by atoms with van der Waals surface area (Å²) in [5.74, 6) is 0.448. The van der Waals surface area contributed by atoms with Crippen LogP contribution in [0.1, 0.15) is 12.8 Å². The Bertz CT molecular complexity index is 170. The van der Waals surface area contributed by atoms with Crippen molar-refractivity contribution in [3.05, 3.63) is 11.3 Å². The third-order valence-electron chi connectivity index (χ3n) is 1.73. The molecule has 0 unspecified atom stereocenters. The smallest absolute Gasteiger partial charge is 0.0713 e. The Morgan fingerprint density at radius 2 is 2.30 bits per heavy atom. The van der Waals surface area contributed by atoms with E-state index in [1.54, 1.807) is 0 Å². The van der Waals surface area contributed by atoms with Gasteiger partial charge in [-0.25, -0.2) is 0 Å². The first-order valence-electron chi connectivity index (χ1n) is 3.39. The third-order valence-corrected chi connectivity index (χ3v) is 1.73. The average Bonchev–Trinajstić information content (AvgIpc) is 2.71. The summed E-state index contributed by atoms with van der Waals surface area (Å²) in [6, 6.07) is 0. The summed E-state index contributed by atoms with van der Waals surface area (Å²) in [5, 5.41) is 15.6. The first-order valence-corrected chi connectivity index (χ1v) is 3.39. The van der Waals surface area contributed by atoms with Gasteiger partial charge in [-0.05, 0) is 18.8 Å². The maximum Gasteiger partial charge on any atom is 0.0713 e. The van der Waals surface area contributed by atoms with Gasteiger partial charge in [0, 0.05) is 17.5 Å². The average molecular weight is 140 g/mol. The van der Waals surface area contributed by atoms with Crippen molar-refractivity contribution in [2.75, 3.05) is 6.61 Å². The molecule has 0 aromatic heterocycles. The van der Waals surface area contributed by atoms with E-state index in [-0.39, 0.29) is 6.61 Å². The van der Waals surface area contributed by atoms with Gasteiger partial charge in [0.05, 0.1) is 6.61 Å². The number of aliphatic hydroxyl groups excluding tert-OH is 1. The van der Waals surface area contributed by atoms with E-state index in [1.807, 2.05) is 0 Å². The van der Waals surface area contributed by atoms with Crippen LogP contribution >= 0.6 is 0 Å². The summed E-state index contributed by atoms with van der Waals surface area (Å²) in [4.78, 5) is 0. The normalized spacial score (nSPS) is 20.1. The fourth-order valence-corrected chi connectivity index (χ4v) is 0.877. The number of allylic oxidation sites excluding steroid dienone is 1. The molecule has 56 valence electrons. The van der Waals surface area contributed by atoms with Crippen LogP contribution in [0.15, 0.2) is 11.3 Å². The van der Waals surface area contributed by atoms with E-state index in [0.717, 1.165) is 19.1 Å². The van der Waals surface area contributed by atoms with Crippen LogP contribution in [0.3, 0.4) is 0 Å². The van der Waals surface area contributed by atoms with Crippen molar-refractivity contribution in [3.63, 3.8) is 0 Å². The quantitative estimate of drug-likeness (QED) is 0.492. The maximum absolute atomic E-state index is 8.68. The highest BCUT2D eigenvalue weighted by Crippen LogP contribution is 2.34. The Kier molecular flexibility index (Phi) is 2.06. The number of nitrogens with two attached hydrogens (primary N) is 1. The minimum atomic E-state index is -0.105. The lowest BCUT2D eigenvalue weighted by Gasteiger charge is -2.01. The van der Waals surface area contributed by atoms with Crippen LogP contribution in [0.2, 0.25) is 0 Å². The number of hydrogen-bond acceptors (Lipinski definition) is 3. The Labute approximate surface area is 60.1 Å². The van der Waals surface area contributed by atoms with Crippen molar-refractivity contribution in [1.82, 2.24) is 0 Å². The molecule has 0 spiro atoms. The topological polar surface area (TPSA) is 70.1 Å². The lowest BCUT2D eigenvalue weighted by molar-refractivity contribution is 0.335. The molecule has 0 radical (unpaired) electrons. The molecule has 1 aliphatic carbocycles. The number of rotatable bonds is 3. The molecule has 0 aromatic carbocycles. The SMILES string of the molecule is N=CC(CO)=C(N)C1CC1. The Morgan fingerprint density at radius 3 is 2.60 bits per heavy atom. The van der Waals surface area contributed by atoms with Gasteiger partial charge in [0.1, 0.15) is 0 Å². The zero-order valence-corrected chi connectivity index (χ0v) is 5.80. The first kappa shape index (κ1) is 7.28. The van der Waals surface area contributed by atoms with Gasteiger partial charge in [-0.2, -0.15) is 0 Å². The molecule has 0 saturated heterocycles. The molecule has 4 N–H and O–H groups in total. The summed E-state index contributed by atoms with van der Waals surface area (Å²) in [6.45, 7) is -0.105. The van der Waals surface area contributed by atoms with Gasteiger partial charge in [-0.1, -0.05) is 0 Å². The molecule has 1 fully saturated rings. The second-order valence-electron chi connectivity index (χ2n) is 2.56. The van der Waals surface area contributed by atoms with E-state index in [9.17, 15) is 0 Å². The Balaban J connectivity index is 2.67. The predicted octanol–water partition coefficient (Wildman–Crippen LogP) is 0.251. The fourth-order valence-electron chi connectivity index (χ4n) is 0.877. The van der Waals surface area contributed by atoms with Crippen molar-refractivity contribution in [2.24, 2.45) is 11.7 Å². The zero-order valence-electron chi connectivity index (χ0n) is 5.80. The molecular formula is C7H12N2O. The minimum Gasteiger partial charge on any atom is -0.401 e. The van der Waals surface area contributed by atoms with Gasteiger partial charge >= 0.3 is 0 Å². The van der Waals surface area contributed by atoms with Gasteiger partial charge in [-0.15, -0.1) is 0 Å². The van der Waals surface area contributed by atoms with Crippen LogP contribution in [-0.2, 0) is 0 Å². The summed E-state index contributed by atoms with van der Waals surface area (Å²) in [7, 11) is 0. The van der Waals surface area contributed by atoms with Crippen LogP contribution in [0.25, 0.3) is 0 Å². The van der Waals surface area contributed by atoms with Crippen LogP contribution in [-0.4, -0.2) is 17.9 Å². The lowest BCUT2D eigenvalue weighted by Crippen LogP contribution is -2.08. The fraction of sp³-hybridized carbons (Fsp3) is 0.571. The molecule has 3 nitrogen and oxygen atoms in total. The van der Waals surface area contributed by atoms with Crippen LogP contribution in [0.5, 0.6) is 0 Å². The minimum absolute atomic E-state index is 0.105. The molecule has 3 heteroatoms. The highest BCUT2D eigenvalue weighted by atomic mass is 16.3. The molecule has 1 rings (SSSR count). The summed E-state index contributed by atoms with van der Waals surface area (Å²) in [6.07, 6.45) is 3.36.